The van der Waals surface area contributed by atoms with Crippen molar-refractivity contribution in [3.8, 4) is 0 Å². The Bertz CT molecular complexity index is 1650. The molecule has 1 aromatic heterocycles. The first kappa shape index (κ1) is 22.6. The Kier molecular flexibility index (Phi) is 6.04. The Hall–Kier alpha value is -3.88. The van der Waals surface area contributed by atoms with Crippen LogP contribution in [0.25, 0.3) is 33.0 Å². The number of hydrogen-bond acceptors (Lipinski definition) is 0. The first-order chi connectivity index (χ1) is 17.7. The van der Waals surface area contributed by atoms with E-state index < -0.39 is 0 Å². The summed E-state index contributed by atoms with van der Waals surface area (Å²) < 4.78 is 3.51. The Balaban J connectivity index is 1.73. The lowest BCUT2D eigenvalue weighted by Crippen LogP contribution is -1.98. The van der Waals surface area contributed by atoms with Gasteiger partial charge in [-0.2, -0.15) is 0 Å². The van der Waals surface area contributed by atoms with E-state index in [1.165, 1.54) is 55.2 Å². The smallest absolute Gasteiger partial charge is 0.0492 e. The van der Waals surface area contributed by atoms with Gasteiger partial charge in [-0.1, -0.05) is 113 Å². The largest absolute Gasteiger partial charge is 0.341 e. The second kappa shape index (κ2) is 9.64. The first-order valence-corrected chi connectivity index (χ1v) is 13.2. The molecular formula is C34H26BrN. The van der Waals surface area contributed by atoms with Crippen molar-refractivity contribution in [2.24, 2.45) is 0 Å². The van der Waals surface area contributed by atoms with Crippen LogP contribution in [0.2, 0.25) is 0 Å². The Morgan fingerprint density at radius 2 is 0.972 bits per heavy atom. The molecule has 0 saturated carbocycles. The number of benzene rings is 5. The first-order valence-electron chi connectivity index (χ1n) is 12.4. The quantitative estimate of drug-likeness (QED) is 0.196. The van der Waals surface area contributed by atoms with E-state index in [1.807, 2.05) is 0 Å². The topological polar surface area (TPSA) is 4.93 Å². The molecule has 0 atom stereocenters. The minimum Gasteiger partial charge on any atom is -0.341 e. The Morgan fingerprint density at radius 1 is 0.528 bits per heavy atom. The average Bonchev–Trinajstić information content (AvgIpc) is 3.25. The van der Waals surface area contributed by atoms with Crippen LogP contribution < -0.4 is 0 Å². The van der Waals surface area contributed by atoms with Gasteiger partial charge in [0.1, 0.15) is 0 Å². The van der Waals surface area contributed by atoms with Crippen LogP contribution in [0.15, 0.2) is 132 Å². The molecule has 6 rings (SSSR count). The lowest BCUT2D eigenvalue weighted by molar-refractivity contribution is 0.827. The molecule has 0 bridgehead atoms. The minimum atomic E-state index is 0.932. The SMILES string of the molecule is CCn1c2ccc(Br)cc2c2cc(C(=C(c3ccccc3)c3ccccc3)c3ccccc3)ccc21. The molecule has 0 aliphatic heterocycles. The molecule has 0 spiro atoms. The molecule has 0 aliphatic carbocycles. The fourth-order valence-corrected chi connectivity index (χ4v) is 5.66. The third-order valence-corrected chi connectivity index (χ3v) is 7.36. The van der Waals surface area contributed by atoms with E-state index in [0.717, 1.165) is 11.0 Å². The molecule has 0 saturated heterocycles. The highest BCUT2D eigenvalue weighted by atomic mass is 79.9. The number of rotatable bonds is 5. The predicted molar refractivity (Wildman–Crippen MR) is 157 cm³/mol. The lowest BCUT2D eigenvalue weighted by atomic mass is 9.85. The maximum atomic E-state index is 3.70. The van der Waals surface area contributed by atoms with Crippen LogP contribution >= 0.6 is 15.9 Å². The summed E-state index contributed by atoms with van der Waals surface area (Å²) in [4.78, 5) is 0. The van der Waals surface area contributed by atoms with Crippen molar-refractivity contribution in [3.63, 3.8) is 0 Å². The highest BCUT2D eigenvalue weighted by Gasteiger charge is 2.18. The van der Waals surface area contributed by atoms with Crippen LogP contribution in [0.3, 0.4) is 0 Å². The molecule has 0 unspecified atom stereocenters. The highest BCUT2D eigenvalue weighted by Crippen LogP contribution is 2.39. The van der Waals surface area contributed by atoms with E-state index in [4.69, 9.17) is 0 Å². The molecule has 1 nitrogen and oxygen atoms in total. The van der Waals surface area contributed by atoms with Gasteiger partial charge in [-0.05, 0) is 70.7 Å². The van der Waals surface area contributed by atoms with E-state index in [0.29, 0.717) is 0 Å². The summed E-state index contributed by atoms with van der Waals surface area (Å²) in [5.74, 6) is 0. The minimum absolute atomic E-state index is 0.932. The van der Waals surface area contributed by atoms with Crippen molar-refractivity contribution in [2.75, 3.05) is 0 Å². The van der Waals surface area contributed by atoms with Crippen LogP contribution in [0.5, 0.6) is 0 Å². The summed E-state index contributed by atoms with van der Waals surface area (Å²) >= 11 is 3.70. The Labute approximate surface area is 220 Å². The van der Waals surface area contributed by atoms with Gasteiger partial charge in [-0.3, -0.25) is 0 Å². The van der Waals surface area contributed by atoms with Gasteiger partial charge in [0, 0.05) is 32.8 Å². The number of fused-ring (bicyclic) bond motifs is 3. The predicted octanol–water partition coefficient (Wildman–Crippen LogP) is 9.58. The number of aromatic nitrogens is 1. The molecule has 6 aromatic rings. The van der Waals surface area contributed by atoms with Crippen LogP contribution in [0.4, 0.5) is 0 Å². The molecule has 0 N–H and O–H groups in total. The number of aryl methyl sites for hydroxylation is 1. The van der Waals surface area contributed by atoms with Crippen molar-refractivity contribution < 1.29 is 0 Å². The van der Waals surface area contributed by atoms with E-state index in [2.05, 4.69) is 155 Å². The van der Waals surface area contributed by atoms with Crippen LogP contribution in [0, 0.1) is 0 Å². The average molecular weight is 528 g/mol. The van der Waals surface area contributed by atoms with E-state index in [1.54, 1.807) is 0 Å². The van der Waals surface area contributed by atoms with E-state index in [-0.39, 0.29) is 0 Å². The van der Waals surface area contributed by atoms with Crippen LogP contribution in [0.1, 0.15) is 29.2 Å². The van der Waals surface area contributed by atoms with Crippen molar-refractivity contribution in [2.45, 2.75) is 13.5 Å². The van der Waals surface area contributed by atoms with Crippen LogP contribution in [-0.2, 0) is 6.54 Å². The molecule has 0 fully saturated rings. The fourth-order valence-electron chi connectivity index (χ4n) is 5.30. The number of nitrogens with zero attached hydrogens (tertiary/aromatic N) is 1. The normalized spacial score (nSPS) is 11.2. The second-order valence-corrected chi connectivity index (χ2v) is 9.90. The number of halogens is 1. The zero-order valence-electron chi connectivity index (χ0n) is 20.2. The van der Waals surface area contributed by atoms with E-state index in [9.17, 15) is 0 Å². The molecule has 0 aliphatic rings. The maximum Gasteiger partial charge on any atom is 0.0492 e. The lowest BCUT2D eigenvalue weighted by Gasteiger charge is -2.18. The van der Waals surface area contributed by atoms with Gasteiger partial charge < -0.3 is 4.57 Å². The molecule has 5 aromatic carbocycles. The van der Waals surface area contributed by atoms with Gasteiger partial charge in [-0.25, -0.2) is 0 Å². The third-order valence-electron chi connectivity index (χ3n) is 6.87. The van der Waals surface area contributed by atoms with Gasteiger partial charge >= 0.3 is 0 Å². The zero-order valence-corrected chi connectivity index (χ0v) is 21.7. The van der Waals surface area contributed by atoms with Gasteiger partial charge in [0.15, 0.2) is 0 Å². The van der Waals surface area contributed by atoms with Gasteiger partial charge in [0.25, 0.3) is 0 Å². The second-order valence-electron chi connectivity index (χ2n) is 8.99. The summed E-state index contributed by atoms with van der Waals surface area (Å²) in [5, 5.41) is 2.55. The third kappa shape index (κ3) is 3.98. The van der Waals surface area contributed by atoms with Crippen molar-refractivity contribution in [3.05, 3.63) is 154 Å². The van der Waals surface area contributed by atoms with Crippen molar-refractivity contribution in [1.82, 2.24) is 4.57 Å². The molecule has 174 valence electrons. The standard InChI is InChI=1S/C34H26BrN/c1-2-36-31-20-18-27(22-29(31)30-23-28(35)19-21-32(30)36)34(26-16-10-5-11-17-26)33(24-12-6-3-7-13-24)25-14-8-4-9-15-25/h3-23H,2H2,1H3. The van der Waals surface area contributed by atoms with Crippen molar-refractivity contribution in [1.29, 1.82) is 0 Å². The van der Waals surface area contributed by atoms with E-state index >= 15 is 0 Å². The summed E-state index contributed by atoms with van der Waals surface area (Å²) in [7, 11) is 0. The van der Waals surface area contributed by atoms with Gasteiger partial charge in [0.2, 0.25) is 0 Å². The summed E-state index contributed by atoms with van der Waals surface area (Å²) in [6.07, 6.45) is 0. The molecular weight excluding hydrogens is 502 g/mol. The highest BCUT2D eigenvalue weighted by molar-refractivity contribution is 9.10. The monoisotopic (exact) mass is 527 g/mol. The van der Waals surface area contributed by atoms with Crippen molar-refractivity contribution >= 4 is 48.9 Å². The zero-order chi connectivity index (χ0) is 24.5. The molecule has 0 amide bonds. The summed E-state index contributed by atoms with van der Waals surface area (Å²) in [6.45, 7) is 3.15. The Morgan fingerprint density at radius 3 is 1.47 bits per heavy atom. The maximum absolute atomic E-state index is 3.70. The molecule has 1 heterocycles. The molecule has 0 radical (unpaired) electrons. The van der Waals surface area contributed by atoms with Gasteiger partial charge in [0.05, 0.1) is 0 Å². The summed E-state index contributed by atoms with van der Waals surface area (Å²) in [6, 6.07) is 45.8. The fraction of sp³-hybridized carbons (Fsp3) is 0.0588. The van der Waals surface area contributed by atoms with Gasteiger partial charge in [-0.15, -0.1) is 0 Å². The molecule has 2 heteroatoms. The molecule has 36 heavy (non-hydrogen) atoms. The summed E-state index contributed by atoms with van der Waals surface area (Å²) in [5.41, 5.74) is 9.85. The van der Waals surface area contributed by atoms with Crippen LogP contribution in [-0.4, -0.2) is 4.57 Å². The number of hydrogen-bond donors (Lipinski definition) is 0.